The van der Waals surface area contributed by atoms with E-state index in [0.717, 1.165) is 33.4 Å². The van der Waals surface area contributed by atoms with E-state index in [1.807, 2.05) is 60.5 Å². The molecule has 0 radical (unpaired) electrons. The van der Waals surface area contributed by atoms with Gasteiger partial charge in [0.15, 0.2) is 5.65 Å². The summed E-state index contributed by atoms with van der Waals surface area (Å²) in [5.74, 6) is -1.74. The predicted molar refractivity (Wildman–Crippen MR) is 107 cm³/mol. The molecule has 7 heteroatoms. The quantitative estimate of drug-likeness (QED) is 0.519. The van der Waals surface area contributed by atoms with Crippen LogP contribution in [0.15, 0.2) is 54.7 Å². The lowest BCUT2D eigenvalue weighted by Crippen LogP contribution is -2.49. The molecule has 0 saturated heterocycles. The molecule has 2 heterocycles. The molecule has 1 fully saturated rings. The van der Waals surface area contributed by atoms with Crippen molar-refractivity contribution in [3.8, 4) is 0 Å². The fourth-order valence-electron chi connectivity index (χ4n) is 3.84. The van der Waals surface area contributed by atoms with Crippen molar-refractivity contribution in [3.05, 3.63) is 54.7 Å². The fraction of sp³-hybridized carbons (Fsp3) is 0.238. The van der Waals surface area contributed by atoms with Gasteiger partial charge < -0.3 is 10.2 Å². The highest BCUT2D eigenvalue weighted by Gasteiger charge is 2.47. The summed E-state index contributed by atoms with van der Waals surface area (Å²) in [6.45, 7) is 0. The minimum atomic E-state index is -2.53. The summed E-state index contributed by atoms with van der Waals surface area (Å²) < 4.78 is 26.6. The summed E-state index contributed by atoms with van der Waals surface area (Å²) in [6.07, 6.45) is 1.54. The molecule has 0 unspecified atom stereocenters. The monoisotopic (exact) mass is 379 g/mol. The molecule has 142 valence electrons. The van der Waals surface area contributed by atoms with Gasteiger partial charge in [0, 0.05) is 48.9 Å². The number of fused-ring (bicyclic) bond motifs is 2. The van der Waals surface area contributed by atoms with E-state index in [9.17, 15) is 8.78 Å². The molecule has 2 aromatic carbocycles. The SMILES string of the molecule is CN(c1cccc2cc(Nc3[nH]nc4ncccc34)ccc12)C1CC(F)(F)C1. The Kier molecular flexibility index (Phi) is 3.72. The van der Waals surface area contributed by atoms with E-state index < -0.39 is 5.92 Å². The van der Waals surface area contributed by atoms with Gasteiger partial charge in [0.1, 0.15) is 5.82 Å². The second-order valence-corrected chi connectivity index (χ2v) is 7.34. The lowest BCUT2D eigenvalue weighted by Gasteiger charge is -2.42. The fourth-order valence-corrected chi connectivity index (χ4v) is 3.84. The molecular formula is C21H19F2N5. The third kappa shape index (κ3) is 2.83. The van der Waals surface area contributed by atoms with E-state index >= 15 is 0 Å². The summed E-state index contributed by atoms with van der Waals surface area (Å²) in [5, 5.41) is 13.5. The summed E-state index contributed by atoms with van der Waals surface area (Å²) in [5.41, 5.74) is 2.55. The van der Waals surface area contributed by atoms with Crippen LogP contribution in [0.25, 0.3) is 21.8 Å². The molecule has 28 heavy (non-hydrogen) atoms. The Balaban J connectivity index is 1.45. The van der Waals surface area contributed by atoms with E-state index in [4.69, 9.17) is 0 Å². The number of hydrogen-bond donors (Lipinski definition) is 2. The molecule has 4 aromatic rings. The zero-order valence-electron chi connectivity index (χ0n) is 15.3. The molecule has 1 aliphatic carbocycles. The van der Waals surface area contributed by atoms with Gasteiger partial charge in [0.25, 0.3) is 5.92 Å². The Bertz CT molecular complexity index is 1160. The highest BCUT2D eigenvalue weighted by molar-refractivity contribution is 5.97. The number of pyridine rings is 1. The van der Waals surface area contributed by atoms with Crippen molar-refractivity contribution < 1.29 is 8.78 Å². The second-order valence-electron chi connectivity index (χ2n) is 7.34. The minimum Gasteiger partial charge on any atom is -0.371 e. The van der Waals surface area contributed by atoms with Crippen molar-refractivity contribution in [1.29, 1.82) is 0 Å². The topological polar surface area (TPSA) is 56.8 Å². The maximum absolute atomic E-state index is 13.3. The van der Waals surface area contributed by atoms with Crippen LogP contribution in [0.3, 0.4) is 0 Å². The standard InChI is InChI=1S/C21H19F2N5/c1-28(15-11-21(22,23)12-15)18-6-2-4-13-10-14(7-8-16(13)18)25-20-17-5-3-9-24-19(17)26-27-20/h2-10,15H,11-12H2,1H3,(H2,24,25,26,27). The molecule has 5 rings (SSSR count). The van der Waals surface area contributed by atoms with Gasteiger partial charge in [-0.05, 0) is 35.7 Å². The maximum Gasteiger partial charge on any atom is 0.252 e. The normalized spacial score (nSPS) is 16.2. The van der Waals surface area contributed by atoms with Crippen LogP contribution in [-0.4, -0.2) is 34.2 Å². The Morgan fingerprint density at radius 1 is 1.11 bits per heavy atom. The summed E-state index contributed by atoms with van der Waals surface area (Å²) in [6, 6.07) is 15.7. The molecule has 2 aromatic heterocycles. The molecule has 0 amide bonds. The largest absolute Gasteiger partial charge is 0.371 e. The summed E-state index contributed by atoms with van der Waals surface area (Å²) in [4.78, 5) is 6.20. The van der Waals surface area contributed by atoms with Crippen LogP contribution in [0.2, 0.25) is 0 Å². The van der Waals surface area contributed by atoms with Gasteiger partial charge in [-0.15, -0.1) is 0 Å². The van der Waals surface area contributed by atoms with E-state index in [1.54, 1.807) is 6.20 Å². The first-order chi connectivity index (χ1) is 13.5. The van der Waals surface area contributed by atoms with Gasteiger partial charge in [-0.25, -0.2) is 13.8 Å². The molecule has 1 aliphatic rings. The number of benzene rings is 2. The average molecular weight is 379 g/mol. The van der Waals surface area contributed by atoms with Crippen LogP contribution >= 0.6 is 0 Å². The van der Waals surface area contributed by atoms with Crippen LogP contribution < -0.4 is 10.2 Å². The first-order valence-electron chi connectivity index (χ1n) is 9.20. The summed E-state index contributed by atoms with van der Waals surface area (Å²) >= 11 is 0. The van der Waals surface area contributed by atoms with Crippen molar-refractivity contribution >= 4 is 39.0 Å². The number of alkyl halides is 2. The zero-order chi connectivity index (χ0) is 19.3. The number of nitrogens with one attached hydrogen (secondary N) is 2. The van der Waals surface area contributed by atoms with Gasteiger partial charge in [-0.1, -0.05) is 18.2 Å². The van der Waals surface area contributed by atoms with Crippen LogP contribution in [0.1, 0.15) is 12.8 Å². The lowest BCUT2D eigenvalue weighted by molar-refractivity contribution is -0.0848. The molecule has 2 N–H and O–H groups in total. The molecule has 0 bridgehead atoms. The number of aromatic nitrogens is 3. The van der Waals surface area contributed by atoms with Gasteiger partial charge in [-0.3, -0.25) is 5.10 Å². The van der Waals surface area contributed by atoms with Gasteiger partial charge in [0.2, 0.25) is 0 Å². The maximum atomic E-state index is 13.3. The molecule has 0 aliphatic heterocycles. The van der Waals surface area contributed by atoms with Gasteiger partial charge in [-0.2, -0.15) is 5.10 Å². The zero-order valence-corrected chi connectivity index (χ0v) is 15.3. The van der Waals surface area contributed by atoms with Crippen molar-refractivity contribution in [2.75, 3.05) is 17.3 Å². The lowest BCUT2D eigenvalue weighted by atomic mass is 9.86. The molecule has 5 nitrogen and oxygen atoms in total. The van der Waals surface area contributed by atoms with Crippen molar-refractivity contribution in [3.63, 3.8) is 0 Å². The van der Waals surface area contributed by atoms with Crippen LogP contribution in [0, 0.1) is 0 Å². The number of halogens is 2. The molecular weight excluding hydrogens is 360 g/mol. The van der Waals surface area contributed by atoms with Gasteiger partial charge >= 0.3 is 0 Å². The first-order valence-corrected chi connectivity index (χ1v) is 9.20. The molecule has 0 spiro atoms. The van der Waals surface area contributed by atoms with E-state index in [1.165, 1.54) is 0 Å². The highest BCUT2D eigenvalue weighted by atomic mass is 19.3. The van der Waals surface area contributed by atoms with Crippen LogP contribution in [0.5, 0.6) is 0 Å². The number of H-pyrrole nitrogens is 1. The number of anilines is 3. The molecule has 1 saturated carbocycles. The number of rotatable bonds is 4. The van der Waals surface area contributed by atoms with Crippen molar-refractivity contribution in [2.45, 2.75) is 24.8 Å². The Hall–Kier alpha value is -3.22. The number of hydrogen-bond acceptors (Lipinski definition) is 4. The minimum absolute atomic E-state index is 0.0829. The van der Waals surface area contributed by atoms with Crippen LogP contribution in [-0.2, 0) is 0 Å². The van der Waals surface area contributed by atoms with Gasteiger partial charge in [0.05, 0.1) is 5.39 Å². The number of aromatic amines is 1. The predicted octanol–water partition coefficient (Wildman–Crippen LogP) is 5.09. The molecule has 0 atom stereocenters. The smallest absolute Gasteiger partial charge is 0.252 e. The highest BCUT2D eigenvalue weighted by Crippen LogP contribution is 2.42. The summed E-state index contributed by atoms with van der Waals surface area (Å²) in [7, 11) is 1.89. The van der Waals surface area contributed by atoms with E-state index in [-0.39, 0.29) is 18.9 Å². The van der Waals surface area contributed by atoms with E-state index in [0.29, 0.717) is 5.65 Å². The first kappa shape index (κ1) is 16.9. The Labute approximate surface area is 160 Å². The van der Waals surface area contributed by atoms with Crippen molar-refractivity contribution in [1.82, 2.24) is 15.2 Å². The van der Waals surface area contributed by atoms with E-state index in [2.05, 4.69) is 20.5 Å². The Morgan fingerprint density at radius 2 is 1.96 bits per heavy atom. The number of nitrogens with zero attached hydrogens (tertiary/aromatic N) is 3. The van der Waals surface area contributed by atoms with Crippen LogP contribution in [0.4, 0.5) is 26.0 Å². The third-order valence-electron chi connectivity index (χ3n) is 5.45. The van der Waals surface area contributed by atoms with Crippen molar-refractivity contribution in [2.24, 2.45) is 0 Å². The second kappa shape index (κ2) is 6.15. The Morgan fingerprint density at radius 3 is 2.79 bits per heavy atom. The third-order valence-corrected chi connectivity index (χ3v) is 5.45. The average Bonchev–Trinajstić information content (AvgIpc) is 3.08.